The molecule has 1 aliphatic heterocycles. The topological polar surface area (TPSA) is 24.4 Å². The normalized spacial score (nSPS) is 19.3. The molecule has 1 aromatic heterocycles. The third kappa shape index (κ3) is 3.01. The number of thioether (sulfide) groups is 1. The van der Waals surface area contributed by atoms with Crippen LogP contribution in [0.3, 0.4) is 0 Å². The molecule has 2 nitrogen and oxygen atoms in total. The lowest BCUT2D eigenvalue weighted by Gasteiger charge is -2.27. The molecule has 0 saturated heterocycles. The quantitative estimate of drug-likeness (QED) is 0.876. The first kappa shape index (κ1) is 12.0. The van der Waals surface area contributed by atoms with Crippen molar-refractivity contribution in [2.75, 3.05) is 12.3 Å². The first-order valence-electron chi connectivity index (χ1n) is 5.50. The van der Waals surface area contributed by atoms with Crippen molar-refractivity contribution in [3.8, 4) is 0 Å². The number of aryl methyl sites for hydroxylation is 1. The van der Waals surface area contributed by atoms with Crippen LogP contribution in [0.2, 0.25) is 0 Å². The minimum Gasteiger partial charge on any atom is -0.361 e. The van der Waals surface area contributed by atoms with Gasteiger partial charge in [0.15, 0.2) is 5.17 Å². The molecule has 0 amide bonds. The number of thiophene rings is 1. The lowest BCUT2D eigenvalue weighted by Crippen LogP contribution is -2.31. The molecule has 0 spiro atoms. The molecule has 2 heterocycles. The lowest BCUT2D eigenvalue weighted by atomic mass is 9.97. The van der Waals surface area contributed by atoms with E-state index in [0.717, 1.165) is 24.0 Å². The Hall–Kier alpha value is -0.480. The molecule has 16 heavy (non-hydrogen) atoms. The van der Waals surface area contributed by atoms with Gasteiger partial charge in [0.05, 0.1) is 0 Å². The molecule has 1 aliphatic rings. The van der Waals surface area contributed by atoms with Crippen molar-refractivity contribution in [1.82, 2.24) is 5.32 Å². The van der Waals surface area contributed by atoms with Crippen LogP contribution in [0.15, 0.2) is 15.8 Å². The van der Waals surface area contributed by atoms with Crippen molar-refractivity contribution < 1.29 is 0 Å². The van der Waals surface area contributed by atoms with Gasteiger partial charge in [0.2, 0.25) is 0 Å². The highest BCUT2D eigenvalue weighted by atomic mass is 32.2. The third-order valence-corrected chi connectivity index (χ3v) is 5.02. The summed E-state index contributed by atoms with van der Waals surface area (Å²) in [5, 5.41) is 8.92. The summed E-state index contributed by atoms with van der Waals surface area (Å²) in [6, 6.07) is 0. The summed E-state index contributed by atoms with van der Waals surface area (Å²) < 4.78 is 0. The Bertz CT molecular complexity index is 393. The van der Waals surface area contributed by atoms with Crippen LogP contribution in [0.25, 0.3) is 0 Å². The van der Waals surface area contributed by atoms with Crippen molar-refractivity contribution in [3.63, 3.8) is 0 Å². The van der Waals surface area contributed by atoms with Gasteiger partial charge < -0.3 is 5.32 Å². The zero-order valence-corrected chi connectivity index (χ0v) is 11.7. The van der Waals surface area contributed by atoms with Gasteiger partial charge in [-0.3, -0.25) is 4.99 Å². The van der Waals surface area contributed by atoms with Crippen LogP contribution in [-0.4, -0.2) is 17.5 Å². The molecule has 2 rings (SSSR count). The van der Waals surface area contributed by atoms with Crippen LogP contribution in [-0.2, 0) is 6.54 Å². The van der Waals surface area contributed by atoms with E-state index in [1.54, 1.807) is 11.3 Å². The molecule has 0 unspecified atom stereocenters. The molecule has 4 heteroatoms. The summed E-state index contributed by atoms with van der Waals surface area (Å²) in [5.74, 6) is 1.15. The van der Waals surface area contributed by atoms with Crippen molar-refractivity contribution in [1.29, 1.82) is 0 Å². The number of rotatable bonds is 2. The zero-order valence-electron chi connectivity index (χ0n) is 10.0. The number of aliphatic imine (C=N–C) groups is 1. The average molecular weight is 254 g/mol. The van der Waals surface area contributed by atoms with E-state index in [9.17, 15) is 0 Å². The minimum atomic E-state index is 0.355. The van der Waals surface area contributed by atoms with Crippen LogP contribution in [0, 0.1) is 12.3 Å². The zero-order chi connectivity index (χ0) is 11.6. The third-order valence-electron chi connectivity index (χ3n) is 2.64. The van der Waals surface area contributed by atoms with E-state index in [-0.39, 0.29) is 0 Å². The first-order valence-corrected chi connectivity index (χ1v) is 7.42. The first-order chi connectivity index (χ1) is 7.57. The Balaban J connectivity index is 1.88. The summed E-state index contributed by atoms with van der Waals surface area (Å²) in [5.41, 5.74) is 3.12. The van der Waals surface area contributed by atoms with Crippen molar-refractivity contribution >= 4 is 28.3 Å². The van der Waals surface area contributed by atoms with E-state index < -0.39 is 0 Å². The predicted molar refractivity (Wildman–Crippen MR) is 74.4 cm³/mol. The van der Waals surface area contributed by atoms with Crippen molar-refractivity contribution in [2.24, 2.45) is 10.4 Å². The fourth-order valence-electron chi connectivity index (χ4n) is 1.49. The Morgan fingerprint density at radius 2 is 2.25 bits per heavy atom. The summed E-state index contributed by atoms with van der Waals surface area (Å²) in [6.45, 7) is 8.53. The van der Waals surface area contributed by atoms with Crippen LogP contribution >= 0.6 is 23.1 Å². The SMILES string of the molecule is Cc1cscc1CNC1=NCC(C)(C)CS1. The molecule has 88 valence electrons. The van der Waals surface area contributed by atoms with Gasteiger partial charge in [-0.05, 0) is 34.2 Å². The number of hydrogen-bond donors (Lipinski definition) is 1. The highest BCUT2D eigenvalue weighted by molar-refractivity contribution is 8.13. The van der Waals surface area contributed by atoms with Gasteiger partial charge in [-0.25, -0.2) is 0 Å². The van der Waals surface area contributed by atoms with Gasteiger partial charge in [-0.2, -0.15) is 11.3 Å². The number of hydrogen-bond acceptors (Lipinski definition) is 4. The summed E-state index contributed by atoms with van der Waals surface area (Å²) in [4.78, 5) is 4.58. The van der Waals surface area contributed by atoms with Crippen LogP contribution in [0.5, 0.6) is 0 Å². The van der Waals surface area contributed by atoms with Crippen LogP contribution < -0.4 is 5.32 Å². The molecule has 1 N–H and O–H groups in total. The van der Waals surface area contributed by atoms with Gasteiger partial charge in [0.1, 0.15) is 0 Å². The Morgan fingerprint density at radius 1 is 1.44 bits per heavy atom. The van der Waals surface area contributed by atoms with E-state index in [1.807, 2.05) is 11.8 Å². The van der Waals surface area contributed by atoms with Gasteiger partial charge in [-0.15, -0.1) is 0 Å². The maximum absolute atomic E-state index is 4.58. The molecule has 0 saturated carbocycles. The molecule has 0 bridgehead atoms. The maximum atomic E-state index is 4.58. The molecule has 1 aromatic rings. The van der Waals surface area contributed by atoms with E-state index >= 15 is 0 Å². The minimum absolute atomic E-state index is 0.355. The Kier molecular flexibility index (Phi) is 3.60. The Morgan fingerprint density at radius 3 is 2.81 bits per heavy atom. The van der Waals surface area contributed by atoms with E-state index in [2.05, 4.69) is 41.8 Å². The fourth-order valence-corrected chi connectivity index (χ4v) is 3.29. The Labute approximate surface area is 106 Å². The molecule has 0 aromatic carbocycles. The number of nitrogens with zero attached hydrogens (tertiary/aromatic N) is 1. The second kappa shape index (κ2) is 4.80. The fraction of sp³-hybridized carbons (Fsp3) is 0.583. The molecule has 0 aliphatic carbocycles. The van der Waals surface area contributed by atoms with E-state index in [1.165, 1.54) is 11.1 Å². The number of nitrogens with one attached hydrogen (secondary N) is 1. The summed E-state index contributed by atoms with van der Waals surface area (Å²) >= 11 is 3.61. The highest BCUT2D eigenvalue weighted by Crippen LogP contribution is 2.27. The molecular weight excluding hydrogens is 236 g/mol. The predicted octanol–water partition coefficient (Wildman–Crippen LogP) is 3.28. The monoisotopic (exact) mass is 254 g/mol. The van der Waals surface area contributed by atoms with E-state index in [4.69, 9.17) is 0 Å². The van der Waals surface area contributed by atoms with Crippen molar-refractivity contribution in [3.05, 3.63) is 21.9 Å². The van der Waals surface area contributed by atoms with Gasteiger partial charge in [0.25, 0.3) is 0 Å². The summed E-state index contributed by atoms with van der Waals surface area (Å²) in [7, 11) is 0. The van der Waals surface area contributed by atoms with Crippen molar-refractivity contribution in [2.45, 2.75) is 27.3 Å². The molecular formula is C12H18N2S2. The lowest BCUT2D eigenvalue weighted by molar-refractivity contribution is 0.436. The smallest absolute Gasteiger partial charge is 0.156 e. The molecule has 0 fully saturated rings. The van der Waals surface area contributed by atoms with Gasteiger partial charge in [0, 0.05) is 18.8 Å². The average Bonchev–Trinajstić information content (AvgIpc) is 2.63. The van der Waals surface area contributed by atoms with Gasteiger partial charge >= 0.3 is 0 Å². The summed E-state index contributed by atoms with van der Waals surface area (Å²) in [6.07, 6.45) is 0. The van der Waals surface area contributed by atoms with Crippen LogP contribution in [0.1, 0.15) is 25.0 Å². The molecule has 0 atom stereocenters. The standard InChI is InChI=1S/C12H18N2S2/c1-9-5-15-6-10(9)4-13-11-14-7-12(2,3)8-16-11/h5-6H,4,7-8H2,1-3H3,(H,13,14). The van der Waals surface area contributed by atoms with Gasteiger partial charge in [-0.1, -0.05) is 25.6 Å². The highest BCUT2D eigenvalue weighted by Gasteiger charge is 2.23. The maximum Gasteiger partial charge on any atom is 0.156 e. The second-order valence-electron chi connectivity index (χ2n) is 5.01. The van der Waals surface area contributed by atoms with E-state index in [0.29, 0.717) is 5.41 Å². The molecule has 0 radical (unpaired) electrons. The largest absolute Gasteiger partial charge is 0.361 e. The number of amidine groups is 1. The second-order valence-corrected chi connectivity index (χ2v) is 6.72. The van der Waals surface area contributed by atoms with Crippen LogP contribution in [0.4, 0.5) is 0 Å².